The van der Waals surface area contributed by atoms with Gasteiger partial charge in [-0.1, -0.05) is 31.5 Å². The molecule has 2 aromatic rings. The number of ether oxygens (including phenoxy) is 1. The first-order valence-electron chi connectivity index (χ1n) is 9.63. The number of aromatic nitrogens is 1. The molecule has 3 atom stereocenters. The van der Waals surface area contributed by atoms with Crippen LogP contribution in [0.25, 0.3) is 10.9 Å². The lowest BCUT2D eigenvalue weighted by molar-refractivity contribution is 0.0626. The molecule has 0 bridgehead atoms. The van der Waals surface area contributed by atoms with E-state index in [-0.39, 0.29) is 0 Å². The third-order valence-corrected chi connectivity index (χ3v) is 5.97. The average Bonchev–Trinajstić information content (AvgIpc) is 3.01. The van der Waals surface area contributed by atoms with Crippen molar-refractivity contribution in [2.45, 2.75) is 39.1 Å². The number of allylic oxidation sites excluding steroid dienone is 1. The van der Waals surface area contributed by atoms with Gasteiger partial charge in [-0.15, -0.1) is 0 Å². The summed E-state index contributed by atoms with van der Waals surface area (Å²) in [5.41, 5.74) is 4.90. The Morgan fingerprint density at radius 1 is 1.46 bits per heavy atom. The molecular weight excluding hydrogens is 296 g/mol. The van der Waals surface area contributed by atoms with Crippen LogP contribution in [-0.2, 0) is 11.2 Å². The van der Waals surface area contributed by atoms with Gasteiger partial charge in [0.15, 0.2) is 0 Å². The molecule has 1 aromatic heterocycles. The van der Waals surface area contributed by atoms with Gasteiger partial charge >= 0.3 is 0 Å². The van der Waals surface area contributed by atoms with Crippen LogP contribution in [0.15, 0.2) is 36.1 Å². The second-order valence-corrected chi connectivity index (χ2v) is 7.24. The molecule has 3 heteroatoms. The summed E-state index contributed by atoms with van der Waals surface area (Å²) in [4.78, 5) is 6.00. The Labute approximate surface area is 146 Å². The highest BCUT2D eigenvalue weighted by atomic mass is 16.5. The molecular formula is C21H28N2O. The maximum Gasteiger partial charge on any atom is 0.0816 e. The summed E-state index contributed by atoms with van der Waals surface area (Å²) in [6, 6.07) is 7.83. The van der Waals surface area contributed by atoms with Crippen LogP contribution in [0.3, 0.4) is 0 Å². The molecule has 1 aromatic carbocycles. The number of hydrogen-bond acceptors (Lipinski definition) is 2. The van der Waals surface area contributed by atoms with Crippen molar-refractivity contribution in [2.24, 2.45) is 11.8 Å². The predicted molar refractivity (Wildman–Crippen MR) is 99.0 cm³/mol. The van der Waals surface area contributed by atoms with Crippen LogP contribution >= 0.6 is 0 Å². The largest absolute Gasteiger partial charge is 0.504 e. The minimum absolute atomic E-state index is 0.399. The van der Waals surface area contributed by atoms with E-state index in [4.69, 9.17) is 4.74 Å². The number of H-pyrrole nitrogens is 1. The van der Waals surface area contributed by atoms with E-state index < -0.39 is 6.02 Å². The number of aromatic amines is 1. The highest BCUT2D eigenvalue weighted by Gasteiger charge is 2.40. The number of nitrogens with one attached hydrogen (secondary N) is 1. The molecule has 3 nitrogen and oxygen atoms in total. The zero-order chi connectivity index (χ0) is 17.6. The zero-order valence-electron chi connectivity index (χ0n) is 15.9. The highest BCUT2D eigenvalue weighted by molar-refractivity contribution is 5.85. The van der Waals surface area contributed by atoms with E-state index in [2.05, 4.69) is 48.0 Å². The van der Waals surface area contributed by atoms with E-state index in [1.54, 1.807) is 7.11 Å². The number of hydrogen-bond donors (Lipinski definition) is 1. The Morgan fingerprint density at radius 3 is 3.08 bits per heavy atom. The molecule has 0 spiro atoms. The van der Waals surface area contributed by atoms with Crippen molar-refractivity contribution in [1.82, 2.24) is 9.88 Å². The number of rotatable bonds is 3. The topological polar surface area (TPSA) is 28.3 Å². The standard InChI is InChI=1S/C21H28N2O/c1-4-15-12-23-10-9-17-16-7-5-6-8-19(16)22-21(17)20(23)11-18(15)14(2)13-24-3/h5-8,13,15,18,20,22H,4,9-12H2,1-3H3/b14-13-/t15-,18-,20+/m1/s1/i20D. The Bertz CT molecular complexity index is 811. The van der Waals surface area contributed by atoms with Crippen LogP contribution in [0.5, 0.6) is 0 Å². The number of benzene rings is 1. The highest BCUT2D eigenvalue weighted by Crippen LogP contribution is 2.45. The molecule has 3 heterocycles. The van der Waals surface area contributed by atoms with Crippen molar-refractivity contribution in [3.8, 4) is 0 Å². The molecule has 2 aliphatic rings. The fourth-order valence-electron chi connectivity index (χ4n) is 4.68. The Balaban J connectivity index is 1.79. The summed E-state index contributed by atoms with van der Waals surface area (Å²) in [5.74, 6) is 0.992. The maximum absolute atomic E-state index is 9.44. The Morgan fingerprint density at radius 2 is 2.29 bits per heavy atom. The summed E-state index contributed by atoms with van der Waals surface area (Å²) >= 11 is 0. The van der Waals surface area contributed by atoms with Crippen molar-refractivity contribution in [3.63, 3.8) is 0 Å². The first-order chi connectivity index (χ1) is 12.1. The molecule has 0 radical (unpaired) electrons. The third kappa shape index (κ3) is 2.46. The Hall–Kier alpha value is -1.74. The summed E-state index contributed by atoms with van der Waals surface area (Å²) in [6.45, 7) is 6.40. The minimum Gasteiger partial charge on any atom is -0.504 e. The van der Waals surface area contributed by atoms with E-state index in [1.165, 1.54) is 22.0 Å². The van der Waals surface area contributed by atoms with Gasteiger partial charge < -0.3 is 9.72 Å². The quantitative estimate of drug-likeness (QED) is 0.831. The average molecular weight is 325 g/mol. The molecule has 0 saturated carbocycles. The summed E-state index contributed by atoms with van der Waals surface area (Å²) in [7, 11) is 1.71. The monoisotopic (exact) mass is 325 g/mol. The number of fused-ring (bicyclic) bond motifs is 5. The molecule has 24 heavy (non-hydrogen) atoms. The van der Waals surface area contributed by atoms with E-state index in [0.29, 0.717) is 11.8 Å². The first kappa shape index (κ1) is 14.6. The van der Waals surface area contributed by atoms with Crippen LogP contribution in [0.2, 0.25) is 0 Å². The lowest BCUT2D eigenvalue weighted by atomic mass is 9.74. The van der Waals surface area contributed by atoms with Crippen LogP contribution in [0.4, 0.5) is 0 Å². The number of para-hydroxylation sites is 1. The van der Waals surface area contributed by atoms with Crippen molar-refractivity contribution in [3.05, 3.63) is 47.4 Å². The first-order valence-corrected chi connectivity index (χ1v) is 9.13. The van der Waals surface area contributed by atoms with Gasteiger partial charge in [-0.25, -0.2) is 0 Å². The van der Waals surface area contributed by atoms with Gasteiger partial charge in [-0.05, 0) is 48.8 Å². The van der Waals surface area contributed by atoms with Gasteiger partial charge in [0.25, 0.3) is 0 Å². The van der Waals surface area contributed by atoms with E-state index >= 15 is 0 Å². The number of piperidine rings is 1. The third-order valence-electron chi connectivity index (χ3n) is 5.97. The van der Waals surface area contributed by atoms with Gasteiger partial charge in [0.1, 0.15) is 0 Å². The number of nitrogens with zero attached hydrogens (tertiary/aromatic N) is 1. The molecule has 0 amide bonds. The van der Waals surface area contributed by atoms with Crippen LogP contribution in [0, 0.1) is 11.8 Å². The fourth-order valence-corrected chi connectivity index (χ4v) is 4.68. The normalized spacial score (nSPS) is 31.5. The number of methoxy groups -OCH3 is 1. The van der Waals surface area contributed by atoms with E-state index in [0.717, 1.165) is 38.0 Å². The van der Waals surface area contributed by atoms with Crippen LogP contribution < -0.4 is 0 Å². The van der Waals surface area contributed by atoms with E-state index in [9.17, 15) is 1.37 Å². The second kappa shape index (κ2) is 6.29. The molecule has 1 fully saturated rings. The molecule has 1 N–H and O–H groups in total. The molecule has 4 rings (SSSR count). The van der Waals surface area contributed by atoms with Crippen molar-refractivity contribution in [1.29, 1.82) is 0 Å². The smallest absolute Gasteiger partial charge is 0.0816 e. The molecule has 128 valence electrons. The summed E-state index contributed by atoms with van der Waals surface area (Å²) in [5, 5.41) is 1.29. The molecule has 0 unspecified atom stereocenters. The second-order valence-electron chi connectivity index (χ2n) is 7.24. The molecule has 0 aliphatic carbocycles. The van der Waals surface area contributed by atoms with Crippen LogP contribution in [0.1, 0.15) is 45.3 Å². The van der Waals surface area contributed by atoms with Crippen LogP contribution in [-0.4, -0.2) is 30.1 Å². The van der Waals surface area contributed by atoms with Gasteiger partial charge in [-0.2, -0.15) is 0 Å². The van der Waals surface area contributed by atoms with E-state index in [1.807, 2.05) is 6.26 Å². The predicted octanol–water partition coefficient (Wildman–Crippen LogP) is 4.66. The van der Waals surface area contributed by atoms with Gasteiger partial charge in [0.2, 0.25) is 0 Å². The summed E-state index contributed by atoms with van der Waals surface area (Å²) in [6.07, 6.45) is 4.89. The van der Waals surface area contributed by atoms with Gasteiger partial charge in [0, 0.05) is 29.7 Å². The fraction of sp³-hybridized carbons (Fsp3) is 0.524. The van der Waals surface area contributed by atoms with Gasteiger partial charge in [0.05, 0.1) is 20.8 Å². The lowest BCUT2D eigenvalue weighted by Crippen LogP contribution is -2.46. The van der Waals surface area contributed by atoms with Crippen molar-refractivity contribution >= 4 is 10.9 Å². The lowest BCUT2D eigenvalue weighted by Gasteiger charge is -2.46. The SMILES string of the molecule is [2H][C@@]12C[C@H](/C(C)=C\OC)[C@H](CC)CN1CCc1c2[nH]c2ccccc12. The Kier molecular flexibility index (Phi) is 3.82. The van der Waals surface area contributed by atoms with Crippen molar-refractivity contribution < 1.29 is 6.11 Å². The zero-order valence-corrected chi connectivity index (χ0v) is 14.9. The van der Waals surface area contributed by atoms with Gasteiger partial charge in [-0.3, -0.25) is 4.90 Å². The summed E-state index contributed by atoms with van der Waals surface area (Å²) < 4.78 is 14.7. The minimum atomic E-state index is -0.661. The maximum atomic E-state index is 9.44. The van der Waals surface area contributed by atoms with Crippen molar-refractivity contribution in [2.75, 3.05) is 20.2 Å². The molecule has 1 saturated heterocycles. The molecule has 2 aliphatic heterocycles.